The molecule has 0 atom stereocenters. The molecule has 4 aromatic rings. The van der Waals surface area contributed by atoms with Crippen molar-refractivity contribution in [2.75, 3.05) is 38.5 Å². The van der Waals surface area contributed by atoms with Gasteiger partial charge in [-0.3, -0.25) is 14.8 Å². The van der Waals surface area contributed by atoms with E-state index in [2.05, 4.69) is 47.9 Å². The summed E-state index contributed by atoms with van der Waals surface area (Å²) in [6.07, 6.45) is -0.806. The van der Waals surface area contributed by atoms with Crippen molar-refractivity contribution in [3.05, 3.63) is 83.2 Å². The van der Waals surface area contributed by atoms with Crippen molar-refractivity contribution >= 4 is 28.8 Å². The Morgan fingerprint density at radius 2 is 1.67 bits per heavy atom. The van der Waals surface area contributed by atoms with Gasteiger partial charge in [0.1, 0.15) is 0 Å². The first kappa shape index (κ1) is 27.6. The van der Waals surface area contributed by atoms with Crippen LogP contribution in [0.15, 0.2) is 60.9 Å². The monoisotopic (exact) mass is 535 g/mol. The number of anilines is 2. The molecule has 0 unspecified atom stereocenters. The number of likely N-dealkylation sites (N-methyl/N-ethyl adjacent to an activating group) is 1. The zero-order valence-corrected chi connectivity index (χ0v) is 21.3. The lowest BCUT2D eigenvalue weighted by molar-refractivity contribution is -0.138. The van der Waals surface area contributed by atoms with Gasteiger partial charge in [-0.25, -0.2) is 4.98 Å². The molecule has 1 saturated heterocycles. The third-order valence-corrected chi connectivity index (χ3v) is 6.22. The third-order valence-electron chi connectivity index (χ3n) is 6.22. The fraction of sp³-hybridized carbons (Fsp3) is 0.250. The highest BCUT2D eigenvalue weighted by atomic mass is 19.4. The number of benzene rings is 2. The van der Waals surface area contributed by atoms with E-state index in [1.54, 1.807) is 36.7 Å². The number of aromatic amines is 1. The number of nitrogens with zero attached hydrogens (tertiary/aromatic N) is 4. The van der Waals surface area contributed by atoms with Gasteiger partial charge in [0, 0.05) is 66.8 Å². The van der Waals surface area contributed by atoms with E-state index >= 15 is 0 Å². The van der Waals surface area contributed by atoms with E-state index in [1.165, 1.54) is 6.07 Å². The molecule has 0 saturated carbocycles. The number of fused-ring (bicyclic) bond motifs is 1. The maximum atomic E-state index is 13.8. The average molecular weight is 536 g/mol. The van der Waals surface area contributed by atoms with Crippen LogP contribution in [-0.2, 0) is 17.5 Å². The molecule has 2 aromatic heterocycles. The second kappa shape index (κ2) is 12.4. The summed E-state index contributed by atoms with van der Waals surface area (Å²) >= 11 is 0. The van der Waals surface area contributed by atoms with Gasteiger partial charge in [-0.05, 0) is 55.1 Å². The minimum Gasteiger partial charge on any atom is -0.372 e. The molecule has 1 aliphatic heterocycles. The van der Waals surface area contributed by atoms with Gasteiger partial charge in [-0.15, -0.1) is 0 Å². The Labute approximate surface area is 224 Å². The van der Waals surface area contributed by atoms with E-state index < -0.39 is 11.7 Å². The maximum Gasteiger partial charge on any atom is 0.416 e. The summed E-state index contributed by atoms with van der Waals surface area (Å²) in [5.41, 5.74) is 7.19. The molecule has 0 aliphatic carbocycles. The van der Waals surface area contributed by atoms with Crippen LogP contribution in [0.2, 0.25) is 0 Å². The van der Waals surface area contributed by atoms with E-state index in [9.17, 15) is 13.2 Å². The third kappa shape index (κ3) is 7.56. The average Bonchev–Trinajstić information content (AvgIpc) is 3.38. The number of aromatic nitrogens is 3. The first-order valence-electron chi connectivity index (χ1n) is 12.2. The van der Waals surface area contributed by atoms with Gasteiger partial charge in [0.15, 0.2) is 5.65 Å². The van der Waals surface area contributed by atoms with Gasteiger partial charge >= 0.3 is 6.18 Å². The van der Waals surface area contributed by atoms with Crippen molar-refractivity contribution in [1.82, 2.24) is 25.0 Å². The van der Waals surface area contributed by atoms with Crippen molar-refractivity contribution in [3.8, 4) is 11.8 Å². The molecule has 1 fully saturated rings. The zero-order valence-electron chi connectivity index (χ0n) is 21.3. The van der Waals surface area contributed by atoms with E-state index in [-0.39, 0.29) is 6.41 Å². The fourth-order valence-corrected chi connectivity index (χ4v) is 4.16. The highest BCUT2D eigenvalue weighted by Crippen LogP contribution is 2.35. The number of nitrogens with one attached hydrogen (secondary N) is 2. The van der Waals surface area contributed by atoms with Crippen molar-refractivity contribution in [2.24, 2.45) is 5.73 Å². The van der Waals surface area contributed by atoms with Crippen LogP contribution in [0, 0.1) is 11.8 Å². The number of carbonyl (C=O) groups excluding carboxylic acids is 1. The quantitative estimate of drug-likeness (QED) is 0.270. The summed E-state index contributed by atoms with van der Waals surface area (Å²) in [7, 11) is 2.03. The highest BCUT2D eigenvalue weighted by Gasteiger charge is 2.34. The SMILES string of the molecule is CN1CCN(Cc2ccc(Nc3ccc(C#Cc4cnc5[nH]ncc5c4)cc3)cc2C(F)(F)F)CC1.NC=O. The van der Waals surface area contributed by atoms with Gasteiger partial charge in [0.25, 0.3) is 0 Å². The number of nitrogens with two attached hydrogens (primary N) is 1. The molecule has 5 rings (SSSR count). The number of rotatable bonds is 4. The first-order valence-corrected chi connectivity index (χ1v) is 12.2. The van der Waals surface area contributed by atoms with Crippen LogP contribution in [0.25, 0.3) is 11.0 Å². The van der Waals surface area contributed by atoms with Crippen LogP contribution in [0.5, 0.6) is 0 Å². The summed E-state index contributed by atoms with van der Waals surface area (Å²) in [4.78, 5) is 17.1. The van der Waals surface area contributed by atoms with Crippen LogP contribution in [0.3, 0.4) is 0 Å². The van der Waals surface area contributed by atoms with Crippen LogP contribution in [-0.4, -0.2) is 64.6 Å². The summed E-state index contributed by atoms with van der Waals surface area (Å²) in [6, 6.07) is 13.6. The first-order chi connectivity index (χ1) is 18.7. The molecule has 0 bridgehead atoms. The molecular formula is C28H28F3N7O. The predicted molar refractivity (Wildman–Crippen MR) is 144 cm³/mol. The van der Waals surface area contributed by atoms with Gasteiger partial charge in [0.2, 0.25) is 6.41 Å². The Hall–Kier alpha value is -4.40. The fourth-order valence-electron chi connectivity index (χ4n) is 4.16. The topological polar surface area (TPSA) is 103 Å². The second-order valence-corrected chi connectivity index (χ2v) is 9.07. The number of hydrogen-bond donors (Lipinski definition) is 3. The molecule has 3 heterocycles. The summed E-state index contributed by atoms with van der Waals surface area (Å²) in [6.45, 7) is 3.53. The number of pyridine rings is 1. The second-order valence-electron chi connectivity index (χ2n) is 9.07. The van der Waals surface area contributed by atoms with E-state index in [0.29, 0.717) is 29.1 Å². The number of piperazine rings is 1. The lowest BCUT2D eigenvalue weighted by Gasteiger charge is -2.33. The number of amides is 1. The Morgan fingerprint density at radius 1 is 1.00 bits per heavy atom. The molecule has 1 aliphatic rings. The maximum absolute atomic E-state index is 13.8. The summed E-state index contributed by atoms with van der Waals surface area (Å²) in [5, 5.41) is 10.7. The largest absolute Gasteiger partial charge is 0.416 e. The van der Waals surface area contributed by atoms with Crippen LogP contribution in [0.4, 0.5) is 24.5 Å². The lowest BCUT2D eigenvalue weighted by atomic mass is 10.0. The van der Waals surface area contributed by atoms with Gasteiger partial charge < -0.3 is 16.0 Å². The lowest BCUT2D eigenvalue weighted by Crippen LogP contribution is -2.44. The van der Waals surface area contributed by atoms with Crippen LogP contribution in [0.1, 0.15) is 22.3 Å². The zero-order chi connectivity index (χ0) is 27.8. The molecule has 202 valence electrons. The number of alkyl halides is 3. The summed E-state index contributed by atoms with van der Waals surface area (Å²) < 4.78 is 41.5. The number of halogens is 3. The number of hydrogen-bond acceptors (Lipinski definition) is 6. The minimum absolute atomic E-state index is 0.250. The normalized spacial score (nSPS) is 14.2. The summed E-state index contributed by atoms with van der Waals surface area (Å²) in [5.74, 6) is 6.15. The molecule has 8 nitrogen and oxygen atoms in total. The van der Waals surface area contributed by atoms with Gasteiger partial charge in [-0.2, -0.15) is 18.3 Å². The Kier molecular flexibility index (Phi) is 8.81. The number of H-pyrrole nitrogens is 1. The molecule has 39 heavy (non-hydrogen) atoms. The smallest absolute Gasteiger partial charge is 0.372 e. The van der Waals surface area contributed by atoms with Gasteiger partial charge in [0.05, 0.1) is 11.8 Å². The predicted octanol–water partition coefficient (Wildman–Crippen LogP) is 3.97. The Balaban J connectivity index is 0.00000112. The molecule has 4 N–H and O–H groups in total. The van der Waals surface area contributed by atoms with Crippen LogP contribution < -0.4 is 11.1 Å². The molecule has 0 radical (unpaired) electrons. The van der Waals surface area contributed by atoms with E-state index in [1.807, 2.05) is 25.2 Å². The molecule has 11 heteroatoms. The van der Waals surface area contributed by atoms with Gasteiger partial charge in [-0.1, -0.05) is 17.9 Å². The highest BCUT2D eigenvalue weighted by molar-refractivity contribution is 5.75. The molecule has 0 spiro atoms. The van der Waals surface area contributed by atoms with Crippen molar-refractivity contribution in [1.29, 1.82) is 0 Å². The molecule has 2 aromatic carbocycles. The van der Waals surface area contributed by atoms with Crippen molar-refractivity contribution in [3.63, 3.8) is 0 Å². The standard InChI is InChI=1S/C27H25F3N6.CH3NO/c1-35-10-12-36(13-11-35)18-21-6-9-24(15-25(21)27(28,29)30)33-23-7-4-19(5-8-23)2-3-20-14-22-17-32-34-26(22)31-16-20;2-1-3/h4-9,14-17,33H,10-13,18H2,1H3,(H,31,32,34);1H,(H2,2,3). The van der Waals surface area contributed by atoms with Crippen molar-refractivity contribution in [2.45, 2.75) is 12.7 Å². The number of primary amides is 1. The van der Waals surface area contributed by atoms with E-state index in [4.69, 9.17) is 4.79 Å². The van der Waals surface area contributed by atoms with Crippen LogP contribution >= 0.6 is 0 Å². The van der Waals surface area contributed by atoms with Crippen molar-refractivity contribution < 1.29 is 18.0 Å². The molecular weight excluding hydrogens is 507 g/mol. The van der Waals surface area contributed by atoms with E-state index in [0.717, 1.165) is 42.7 Å². The molecule has 1 amide bonds. The number of carbonyl (C=O) groups is 1. The minimum atomic E-state index is -4.42. The Morgan fingerprint density at radius 3 is 2.36 bits per heavy atom. The Bertz CT molecular complexity index is 1460.